The summed E-state index contributed by atoms with van der Waals surface area (Å²) < 4.78 is 0.826. The van der Waals surface area contributed by atoms with Crippen LogP contribution in [-0.2, 0) is 0 Å². The van der Waals surface area contributed by atoms with Crippen LogP contribution in [0.4, 0.5) is 5.95 Å². The van der Waals surface area contributed by atoms with E-state index in [0.717, 1.165) is 32.9 Å². The van der Waals surface area contributed by atoms with Crippen LogP contribution in [0.1, 0.15) is 21.9 Å². The Hall–Kier alpha value is -1.74. The molecule has 2 fully saturated rings. The number of carbonyl (C=O) groups excluding carboxylic acids is 1. The molecule has 0 bridgehead atoms. The first-order valence-corrected chi connectivity index (χ1v) is 12.2. The van der Waals surface area contributed by atoms with Crippen LogP contribution in [0.25, 0.3) is 10.4 Å². The lowest BCUT2D eigenvalue weighted by Crippen LogP contribution is -2.42. The number of nitrogens with zero attached hydrogens (tertiary/aromatic N) is 4. The molecule has 3 heterocycles. The summed E-state index contributed by atoms with van der Waals surface area (Å²) in [5, 5.41) is 5.07. The second kappa shape index (κ2) is 8.31. The number of amides is 1. The van der Waals surface area contributed by atoms with E-state index in [0.29, 0.717) is 40.1 Å². The molecule has 6 nitrogen and oxygen atoms in total. The molecule has 1 aliphatic carbocycles. The molecule has 1 aliphatic heterocycles. The van der Waals surface area contributed by atoms with Gasteiger partial charge >= 0.3 is 0 Å². The number of anilines is 1. The lowest BCUT2D eigenvalue weighted by atomic mass is 10.1. The maximum absolute atomic E-state index is 13.6. The van der Waals surface area contributed by atoms with E-state index in [-0.39, 0.29) is 11.9 Å². The zero-order valence-corrected chi connectivity index (χ0v) is 20.4. The van der Waals surface area contributed by atoms with Gasteiger partial charge in [0.25, 0.3) is 5.91 Å². The third kappa shape index (κ3) is 4.18. The molecule has 5 rings (SSSR count). The number of likely N-dealkylation sites (tertiary alicyclic amines) is 1. The van der Waals surface area contributed by atoms with E-state index in [1.165, 1.54) is 11.3 Å². The second-order valence-electron chi connectivity index (χ2n) is 7.83. The van der Waals surface area contributed by atoms with Crippen molar-refractivity contribution in [2.24, 2.45) is 11.8 Å². The molecule has 1 saturated carbocycles. The summed E-state index contributed by atoms with van der Waals surface area (Å²) in [4.78, 5) is 29.5. The van der Waals surface area contributed by atoms with E-state index in [1.807, 2.05) is 17.9 Å². The minimum absolute atomic E-state index is 0.0406. The van der Waals surface area contributed by atoms with Crippen molar-refractivity contribution < 1.29 is 4.79 Å². The highest BCUT2D eigenvalue weighted by Crippen LogP contribution is 2.50. The van der Waals surface area contributed by atoms with Gasteiger partial charge in [0, 0.05) is 25.5 Å². The van der Waals surface area contributed by atoms with Gasteiger partial charge in [0.1, 0.15) is 5.69 Å². The first kappa shape index (κ1) is 21.1. The summed E-state index contributed by atoms with van der Waals surface area (Å²) in [5.41, 5.74) is 1.33. The molecule has 2 aromatic heterocycles. The average molecular weight is 539 g/mol. The Balaban J connectivity index is 1.39. The van der Waals surface area contributed by atoms with Gasteiger partial charge in [0.15, 0.2) is 0 Å². The number of nitrogens with one attached hydrogen (secondary N) is 1. The molecular weight excluding hydrogens is 521 g/mol. The summed E-state index contributed by atoms with van der Waals surface area (Å²) in [5.74, 6) is 1.59. The van der Waals surface area contributed by atoms with Gasteiger partial charge in [-0.3, -0.25) is 4.79 Å². The lowest BCUT2D eigenvalue weighted by Gasteiger charge is -2.27. The van der Waals surface area contributed by atoms with Crippen molar-refractivity contribution >= 4 is 62.3 Å². The van der Waals surface area contributed by atoms with Gasteiger partial charge in [-0.25, -0.2) is 15.0 Å². The lowest BCUT2D eigenvalue weighted by molar-refractivity contribution is 0.0711. The van der Waals surface area contributed by atoms with E-state index in [4.69, 9.17) is 23.2 Å². The normalized spacial score (nSPS) is 21.8. The smallest absolute Gasteiger partial charge is 0.274 e. The number of aryl methyl sites for hydroxylation is 1. The zero-order valence-electron chi connectivity index (χ0n) is 16.5. The zero-order chi connectivity index (χ0) is 21.7. The molecule has 1 amide bonds. The number of thiazole rings is 1. The fourth-order valence-electron chi connectivity index (χ4n) is 4.21. The highest BCUT2D eigenvalue weighted by atomic mass is 79.9. The molecule has 1 aromatic carbocycles. The van der Waals surface area contributed by atoms with Crippen molar-refractivity contribution in [3.63, 3.8) is 0 Å². The number of benzene rings is 1. The van der Waals surface area contributed by atoms with Gasteiger partial charge in [0.05, 0.1) is 30.4 Å². The predicted molar refractivity (Wildman–Crippen MR) is 127 cm³/mol. The van der Waals surface area contributed by atoms with Crippen molar-refractivity contribution in [2.75, 3.05) is 18.4 Å². The van der Waals surface area contributed by atoms with Crippen molar-refractivity contribution in [1.82, 2.24) is 19.9 Å². The monoisotopic (exact) mass is 537 g/mol. The van der Waals surface area contributed by atoms with Gasteiger partial charge in [-0.05, 0) is 58.8 Å². The number of carbonyl (C=O) groups is 1. The molecular formula is C21H18BrCl2N5OS. The largest absolute Gasteiger partial charge is 0.352 e. The van der Waals surface area contributed by atoms with Gasteiger partial charge in [-0.15, -0.1) is 11.3 Å². The quantitative estimate of drug-likeness (QED) is 0.461. The Morgan fingerprint density at radius 2 is 2.06 bits per heavy atom. The number of rotatable bonds is 5. The van der Waals surface area contributed by atoms with E-state index in [9.17, 15) is 4.79 Å². The molecule has 10 heteroatoms. The third-order valence-corrected chi connectivity index (χ3v) is 7.94. The van der Waals surface area contributed by atoms with E-state index in [1.54, 1.807) is 24.5 Å². The number of aromatic nitrogens is 3. The maximum Gasteiger partial charge on any atom is 0.274 e. The molecule has 31 heavy (non-hydrogen) atoms. The number of fused-ring (bicyclic) bond motifs is 1. The fraction of sp³-hybridized carbons (Fsp3) is 0.333. The Labute approximate surface area is 202 Å². The first-order chi connectivity index (χ1) is 14.9. The van der Waals surface area contributed by atoms with Crippen LogP contribution >= 0.6 is 50.5 Å². The molecule has 0 spiro atoms. The number of halogens is 3. The Bertz CT molecular complexity index is 1160. The number of hydrogen-bond donors (Lipinski definition) is 1. The van der Waals surface area contributed by atoms with Crippen molar-refractivity contribution in [3.05, 3.63) is 55.8 Å². The van der Waals surface area contributed by atoms with Crippen molar-refractivity contribution in [2.45, 2.75) is 19.4 Å². The summed E-state index contributed by atoms with van der Waals surface area (Å²) in [7, 11) is 0. The van der Waals surface area contributed by atoms with Crippen molar-refractivity contribution in [3.8, 4) is 10.4 Å². The van der Waals surface area contributed by atoms with Crippen LogP contribution < -0.4 is 5.32 Å². The topological polar surface area (TPSA) is 71.0 Å². The Kier molecular flexibility index (Phi) is 5.66. The summed E-state index contributed by atoms with van der Waals surface area (Å²) >= 11 is 17.1. The summed E-state index contributed by atoms with van der Waals surface area (Å²) in [6.07, 6.45) is 4.57. The minimum Gasteiger partial charge on any atom is -0.352 e. The number of piperidine rings is 1. The molecule has 0 radical (unpaired) electrons. The molecule has 1 N–H and O–H groups in total. The number of hydrogen-bond acceptors (Lipinski definition) is 6. The van der Waals surface area contributed by atoms with Crippen LogP contribution in [0.5, 0.6) is 0 Å². The molecule has 0 unspecified atom stereocenters. The van der Waals surface area contributed by atoms with Gasteiger partial charge in [-0.1, -0.05) is 29.3 Å². The highest BCUT2D eigenvalue weighted by molar-refractivity contribution is 9.10. The predicted octanol–water partition coefficient (Wildman–Crippen LogP) is 5.55. The van der Waals surface area contributed by atoms with Crippen molar-refractivity contribution in [1.29, 1.82) is 0 Å². The van der Waals surface area contributed by atoms with Crippen LogP contribution in [0.3, 0.4) is 0 Å². The Morgan fingerprint density at radius 3 is 2.81 bits per heavy atom. The van der Waals surface area contributed by atoms with Crippen LogP contribution in [-0.4, -0.2) is 44.9 Å². The molecule has 3 atom stereocenters. The second-order valence-corrected chi connectivity index (χ2v) is 10.8. The Morgan fingerprint density at radius 1 is 1.29 bits per heavy atom. The minimum atomic E-state index is -0.0406. The molecule has 160 valence electrons. The van der Waals surface area contributed by atoms with Crippen LogP contribution in [0.15, 0.2) is 35.1 Å². The summed E-state index contributed by atoms with van der Waals surface area (Å²) in [6.45, 7) is 3.28. The van der Waals surface area contributed by atoms with Gasteiger partial charge < -0.3 is 10.2 Å². The van der Waals surface area contributed by atoms with E-state index >= 15 is 0 Å². The van der Waals surface area contributed by atoms with Crippen LogP contribution in [0, 0.1) is 18.8 Å². The fourth-order valence-corrected chi connectivity index (χ4v) is 5.62. The van der Waals surface area contributed by atoms with Gasteiger partial charge in [-0.2, -0.15) is 0 Å². The first-order valence-electron chi connectivity index (χ1n) is 9.86. The molecule has 3 aromatic rings. The van der Waals surface area contributed by atoms with Crippen LogP contribution in [0.2, 0.25) is 10.0 Å². The maximum atomic E-state index is 13.6. The third-order valence-electron chi connectivity index (χ3n) is 5.77. The molecule has 2 aliphatic rings. The standard InChI is InChI=1S/C21H18BrCl2N5OS/c1-10-28-18(19(31-10)11-2-3-15(23)16(24)5-11)20(30)29-9-12-4-14(12)17(29)8-27-21-25-6-13(22)7-26-21/h2-3,5-7,12,14,17H,4,8-9H2,1H3,(H,25,26,27)/t12-,14-,17+/m0/s1. The average Bonchev–Trinajstić information content (AvgIpc) is 3.27. The van der Waals surface area contributed by atoms with E-state index < -0.39 is 0 Å². The van der Waals surface area contributed by atoms with E-state index in [2.05, 4.69) is 36.2 Å². The molecule has 1 saturated heterocycles. The van der Waals surface area contributed by atoms with Gasteiger partial charge in [0.2, 0.25) is 5.95 Å². The summed E-state index contributed by atoms with van der Waals surface area (Å²) in [6, 6.07) is 5.51. The SMILES string of the molecule is Cc1nc(C(=O)N2C[C@@H]3C[C@@H]3[C@H]2CNc2ncc(Br)cn2)c(-c2ccc(Cl)c(Cl)c2)s1. The highest BCUT2D eigenvalue weighted by Gasteiger charge is 2.54.